The Bertz CT molecular complexity index is 1040. The summed E-state index contributed by atoms with van der Waals surface area (Å²) in [5.74, 6) is 1.93. The maximum Gasteiger partial charge on any atom is 0.256 e. The van der Waals surface area contributed by atoms with Gasteiger partial charge in [-0.25, -0.2) is 4.68 Å². The maximum absolute atomic E-state index is 12.9. The van der Waals surface area contributed by atoms with E-state index in [2.05, 4.69) is 15.7 Å². The van der Waals surface area contributed by atoms with E-state index in [0.29, 0.717) is 17.9 Å². The Kier molecular flexibility index (Phi) is 5.34. The lowest BCUT2D eigenvalue weighted by molar-refractivity contribution is -0.121. The Balaban J connectivity index is 1.59. The summed E-state index contributed by atoms with van der Waals surface area (Å²) in [6.07, 6.45) is 0.879. The van der Waals surface area contributed by atoms with E-state index in [1.807, 2.05) is 49.4 Å². The second-order valence-corrected chi connectivity index (χ2v) is 7.78. The van der Waals surface area contributed by atoms with E-state index >= 15 is 0 Å². The van der Waals surface area contributed by atoms with E-state index in [1.165, 1.54) is 0 Å². The summed E-state index contributed by atoms with van der Waals surface area (Å²) >= 11 is 1.76. The molecule has 144 valence electrons. The maximum atomic E-state index is 12.9. The first-order chi connectivity index (χ1) is 13.7. The summed E-state index contributed by atoms with van der Waals surface area (Å²) in [6, 6.07) is 13.6. The molecule has 2 amide bonds. The molecule has 3 aromatic rings. The van der Waals surface area contributed by atoms with Crippen molar-refractivity contribution in [3.05, 3.63) is 59.3 Å². The van der Waals surface area contributed by atoms with Crippen LogP contribution in [0, 0.1) is 0 Å². The van der Waals surface area contributed by atoms with Crippen molar-refractivity contribution >= 4 is 40.2 Å². The molecule has 0 atom stereocenters. The smallest absolute Gasteiger partial charge is 0.256 e. The number of hydrogen-bond donors (Lipinski definition) is 2. The number of hydrogen-bond acceptors (Lipinski definition) is 4. The molecule has 7 heteroatoms. The second-order valence-electron chi connectivity index (χ2n) is 6.79. The molecule has 0 saturated heterocycles. The first-order valence-corrected chi connectivity index (χ1v) is 10.5. The van der Waals surface area contributed by atoms with Gasteiger partial charge in [0.15, 0.2) is 0 Å². The van der Waals surface area contributed by atoms with Gasteiger partial charge in [0.05, 0.1) is 5.69 Å². The molecule has 2 heterocycles. The zero-order chi connectivity index (χ0) is 19.5. The summed E-state index contributed by atoms with van der Waals surface area (Å²) in [5, 5.41) is 12.5. The molecule has 2 aromatic carbocycles. The van der Waals surface area contributed by atoms with Gasteiger partial charge in [0.1, 0.15) is 12.4 Å². The topological polar surface area (TPSA) is 76.0 Å². The van der Waals surface area contributed by atoms with Crippen molar-refractivity contribution in [1.82, 2.24) is 15.1 Å². The quantitative estimate of drug-likeness (QED) is 0.670. The predicted molar refractivity (Wildman–Crippen MR) is 112 cm³/mol. The summed E-state index contributed by atoms with van der Waals surface area (Å²) < 4.78 is 1.62. The Morgan fingerprint density at radius 2 is 1.96 bits per heavy atom. The van der Waals surface area contributed by atoms with Crippen LogP contribution in [0.5, 0.6) is 0 Å². The predicted octanol–water partition coefficient (Wildman–Crippen LogP) is 3.56. The highest BCUT2D eigenvalue weighted by molar-refractivity contribution is 7.98. The molecule has 0 unspecified atom stereocenters. The Morgan fingerprint density at radius 3 is 2.79 bits per heavy atom. The van der Waals surface area contributed by atoms with Crippen molar-refractivity contribution in [3.8, 4) is 0 Å². The van der Waals surface area contributed by atoms with Gasteiger partial charge in [-0.1, -0.05) is 37.3 Å². The highest BCUT2D eigenvalue weighted by atomic mass is 32.2. The molecule has 0 fully saturated rings. The summed E-state index contributed by atoms with van der Waals surface area (Å²) in [7, 11) is 0. The number of aromatic nitrogens is 2. The Morgan fingerprint density at radius 1 is 1.14 bits per heavy atom. The van der Waals surface area contributed by atoms with Crippen molar-refractivity contribution in [1.29, 1.82) is 0 Å². The molecule has 4 rings (SSSR count). The van der Waals surface area contributed by atoms with Gasteiger partial charge in [-0.3, -0.25) is 9.59 Å². The first kappa shape index (κ1) is 18.6. The Hall–Kier alpha value is -2.80. The minimum absolute atomic E-state index is 0.100. The molecule has 2 N–H and O–H groups in total. The van der Waals surface area contributed by atoms with E-state index < -0.39 is 0 Å². The van der Waals surface area contributed by atoms with Crippen LogP contribution in [0.25, 0.3) is 10.8 Å². The van der Waals surface area contributed by atoms with Crippen LogP contribution >= 0.6 is 11.8 Å². The number of nitrogens with zero attached hydrogens (tertiary/aromatic N) is 2. The number of anilines is 1. The molecule has 0 spiro atoms. The van der Waals surface area contributed by atoms with Gasteiger partial charge in [0.25, 0.3) is 5.91 Å². The minimum atomic E-state index is -0.194. The SMILES string of the molecule is CCCNC(=O)Cn1nc2c(c1NC(=O)c1ccc3ccccc3c1)CSC2. The third kappa shape index (κ3) is 3.75. The normalized spacial score (nSPS) is 12.8. The molecule has 0 bridgehead atoms. The van der Waals surface area contributed by atoms with Crippen LogP contribution in [0.1, 0.15) is 35.0 Å². The number of amides is 2. The van der Waals surface area contributed by atoms with Crippen LogP contribution in [0.4, 0.5) is 5.82 Å². The highest BCUT2D eigenvalue weighted by Gasteiger charge is 2.25. The lowest BCUT2D eigenvalue weighted by atomic mass is 10.1. The number of benzene rings is 2. The van der Waals surface area contributed by atoms with Crippen LogP contribution in [0.3, 0.4) is 0 Å². The molecule has 6 nitrogen and oxygen atoms in total. The fourth-order valence-corrected chi connectivity index (χ4v) is 4.32. The zero-order valence-corrected chi connectivity index (χ0v) is 16.5. The molecule has 1 aliphatic heterocycles. The van der Waals surface area contributed by atoms with E-state index in [0.717, 1.165) is 40.0 Å². The van der Waals surface area contributed by atoms with Crippen molar-refractivity contribution in [2.75, 3.05) is 11.9 Å². The van der Waals surface area contributed by atoms with Crippen LogP contribution in [0.15, 0.2) is 42.5 Å². The number of carbonyl (C=O) groups excluding carboxylic acids is 2. The number of fused-ring (bicyclic) bond motifs is 2. The van der Waals surface area contributed by atoms with Gasteiger partial charge >= 0.3 is 0 Å². The standard InChI is InChI=1S/C21H22N4O2S/c1-2-9-22-19(26)11-25-20(17-12-28-13-18(17)24-25)23-21(27)16-8-7-14-5-3-4-6-15(14)10-16/h3-8,10H,2,9,11-13H2,1H3,(H,22,26)(H,23,27). The van der Waals surface area contributed by atoms with Gasteiger partial charge < -0.3 is 10.6 Å². The molecule has 0 aliphatic carbocycles. The lowest BCUT2D eigenvalue weighted by Crippen LogP contribution is -2.29. The van der Waals surface area contributed by atoms with E-state index in [9.17, 15) is 9.59 Å². The van der Waals surface area contributed by atoms with Gasteiger partial charge in [0.2, 0.25) is 5.91 Å². The van der Waals surface area contributed by atoms with E-state index in [1.54, 1.807) is 16.4 Å². The van der Waals surface area contributed by atoms with Gasteiger partial charge in [-0.15, -0.1) is 0 Å². The van der Waals surface area contributed by atoms with Crippen LogP contribution < -0.4 is 10.6 Å². The molecular weight excluding hydrogens is 372 g/mol. The largest absolute Gasteiger partial charge is 0.355 e. The molecule has 1 aliphatic rings. The summed E-state index contributed by atoms with van der Waals surface area (Å²) in [6.45, 7) is 2.74. The van der Waals surface area contributed by atoms with E-state index in [4.69, 9.17) is 0 Å². The van der Waals surface area contributed by atoms with Crippen molar-refractivity contribution in [2.45, 2.75) is 31.4 Å². The number of nitrogens with one attached hydrogen (secondary N) is 2. The molecule has 1 aromatic heterocycles. The fourth-order valence-electron chi connectivity index (χ4n) is 3.29. The third-order valence-electron chi connectivity index (χ3n) is 4.73. The second kappa shape index (κ2) is 8.06. The average molecular weight is 395 g/mol. The third-order valence-corrected chi connectivity index (χ3v) is 5.70. The number of thioether (sulfide) groups is 1. The lowest BCUT2D eigenvalue weighted by Gasteiger charge is -2.11. The van der Waals surface area contributed by atoms with Crippen molar-refractivity contribution in [3.63, 3.8) is 0 Å². The Labute approximate surface area is 167 Å². The molecular formula is C21H22N4O2S. The monoisotopic (exact) mass is 394 g/mol. The van der Waals surface area contributed by atoms with Crippen molar-refractivity contribution < 1.29 is 9.59 Å². The van der Waals surface area contributed by atoms with E-state index in [-0.39, 0.29) is 18.4 Å². The number of carbonyl (C=O) groups is 2. The number of rotatable bonds is 6. The van der Waals surface area contributed by atoms with Crippen LogP contribution in [-0.4, -0.2) is 28.1 Å². The molecule has 0 saturated carbocycles. The zero-order valence-electron chi connectivity index (χ0n) is 15.7. The van der Waals surface area contributed by atoms with Gasteiger partial charge in [0, 0.05) is 29.2 Å². The van der Waals surface area contributed by atoms with Crippen molar-refractivity contribution in [2.24, 2.45) is 0 Å². The van der Waals surface area contributed by atoms with Crippen LogP contribution in [-0.2, 0) is 22.8 Å². The molecule has 0 radical (unpaired) electrons. The highest BCUT2D eigenvalue weighted by Crippen LogP contribution is 2.35. The molecule has 28 heavy (non-hydrogen) atoms. The van der Waals surface area contributed by atoms with Gasteiger partial charge in [-0.05, 0) is 29.3 Å². The first-order valence-electron chi connectivity index (χ1n) is 9.39. The fraction of sp³-hybridized carbons (Fsp3) is 0.286. The summed E-state index contributed by atoms with van der Waals surface area (Å²) in [4.78, 5) is 25.1. The average Bonchev–Trinajstić information content (AvgIpc) is 3.28. The van der Waals surface area contributed by atoms with Gasteiger partial charge in [-0.2, -0.15) is 16.9 Å². The van der Waals surface area contributed by atoms with Crippen LogP contribution in [0.2, 0.25) is 0 Å². The minimum Gasteiger partial charge on any atom is -0.355 e. The summed E-state index contributed by atoms with van der Waals surface area (Å²) in [5.41, 5.74) is 2.55.